The molecule has 5 rings (SSSR count). The molecule has 2 aliphatic rings. The molecule has 6 nitrogen and oxygen atoms in total. The number of ketones is 1. The Bertz CT molecular complexity index is 1230. The van der Waals surface area contributed by atoms with Gasteiger partial charge in [-0.1, -0.05) is 42.5 Å². The van der Waals surface area contributed by atoms with Crippen molar-refractivity contribution in [3.63, 3.8) is 0 Å². The molecule has 0 bridgehead atoms. The highest BCUT2D eigenvalue weighted by Crippen LogP contribution is 2.43. The number of anilines is 2. The van der Waals surface area contributed by atoms with Crippen LogP contribution < -0.4 is 9.80 Å². The molecule has 1 amide bonds. The molecule has 0 aromatic heterocycles. The van der Waals surface area contributed by atoms with Crippen LogP contribution in [0.25, 0.3) is 5.76 Å². The number of amides is 1. The predicted octanol–water partition coefficient (Wildman–Crippen LogP) is 4.62. The van der Waals surface area contributed by atoms with E-state index in [1.807, 2.05) is 30.3 Å². The van der Waals surface area contributed by atoms with Gasteiger partial charge in [0, 0.05) is 30.0 Å². The van der Waals surface area contributed by atoms with Crippen LogP contribution in [0.1, 0.15) is 30.0 Å². The molecule has 0 saturated carbocycles. The Morgan fingerprint density at radius 3 is 2.15 bits per heavy atom. The highest BCUT2D eigenvalue weighted by atomic mass is 16.3. The summed E-state index contributed by atoms with van der Waals surface area (Å²) in [5.74, 6) is -1.69. The summed E-state index contributed by atoms with van der Waals surface area (Å²) in [7, 11) is 0. The number of Topliss-reactive ketones (excluding diaryl/α,β-unsaturated/α-hetero) is 1. The molecule has 166 valence electrons. The van der Waals surface area contributed by atoms with E-state index in [-0.39, 0.29) is 17.1 Å². The Morgan fingerprint density at radius 1 is 0.818 bits per heavy atom. The maximum atomic E-state index is 13.2. The summed E-state index contributed by atoms with van der Waals surface area (Å²) in [6.07, 6.45) is 2.32. The van der Waals surface area contributed by atoms with E-state index in [0.29, 0.717) is 16.8 Å². The van der Waals surface area contributed by atoms with Gasteiger partial charge in [0.15, 0.2) is 0 Å². The van der Waals surface area contributed by atoms with Crippen LogP contribution in [0.2, 0.25) is 0 Å². The number of hydrogen-bond donors (Lipinski definition) is 2. The maximum Gasteiger partial charge on any atom is 0.300 e. The van der Waals surface area contributed by atoms with E-state index in [1.165, 1.54) is 17.0 Å². The van der Waals surface area contributed by atoms with E-state index in [9.17, 15) is 19.8 Å². The van der Waals surface area contributed by atoms with Crippen LogP contribution in [0.15, 0.2) is 84.4 Å². The van der Waals surface area contributed by atoms with E-state index in [4.69, 9.17) is 0 Å². The summed E-state index contributed by atoms with van der Waals surface area (Å²) in [4.78, 5) is 30.1. The second-order valence-electron chi connectivity index (χ2n) is 8.34. The van der Waals surface area contributed by atoms with E-state index in [0.717, 1.165) is 31.6 Å². The molecule has 0 spiro atoms. The van der Waals surface area contributed by atoms with E-state index >= 15 is 0 Å². The van der Waals surface area contributed by atoms with Gasteiger partial charge in [0.05, 0.1) is 11.6 Å². The number of nitrogens with zero attached hydrogens (tertiary/aromatic N) is 2. The zero-order valence-electron chi connectivity index (χ0n) is 18.0. The Balaban J connectivity index is 1.63. The van der Waals surface area contributed by atoms with Gasteiger partial charge >= 0.3 is 0 Å². The van der Waals surface area contributed by atoms with Gasteiger partial charge in [0.1, 0.15) is 11.5 Å². The van der Waals surface area contributed by atoms with Crippen molar-refractivity contribution in [3.8, 4) is 5.75 Å². The van der Waals surface area contributed by atoms with Gasteiger partial charge in [-0.15, -0.1) is 0 Å². The van der Waals surface area contributed by atoms with Gasteiger partial charge < -0.3 is 15.1 Å². The van der Waals surface area contributed by atoms with Gasteiger partial charge in [-0.25, -0.2) is 0 Å². The lowest BCUT2D eigenvalue weighted by molar-refractivity contribution is -0.132. The molecule has 6 heteroatoms. The maximum absolute atomic E-state index is 13.2. The minimum absolute atomic E-state index is 0.000388. The molecule has 2 N–H and O–H groups in total. The lowest BCUT2D eigenvalue weighted by Crippen LogP contribution is -2.29. The van der Waals surface area contributed by atoms with Gasteiger partial charge in [0.2, 0.25) is 0 Å². The number of aromatic hydroxyl groups is 1. The first-order valence-corrected chi connectivity index (χ1v) is 11.0. The fourth-order valence-electron chi connectivity index (χ4n) is 4.66. The molecule has 3 aromatic rings. The first kappa shape index (κ1) is 20.8. The number of phenolic OH excluding ortho intramolecular Hbond substituents is 1. The monoisotopic (exact) mass is 440 g/mol. The van der Waals surface area contributed by atoms with Crippen molar-refractivity contribution in [1.29, 1.82) is 0 Å². The number of aliphatic hydroxyl groups is 1. The van der Waals surface area contributed by atoms with Crippen LogP contribution >= 0.6 is 0 Å². The lowest BCUT2D eigenvalue weighted by Gasteiger charge is -2.26. The molecule has 2 heterocycles. The summed E-state index contributed by atoms with van der Waals surface area (Å²) >= 11 is 0. The van der Waals surface area contributed by atoms with Crippen molar-refractivity contribution in [1.82, 2.24) is 0 Å². The van der Waals surface area contributed by atoms with Crippen molar-refractivity contribution in [3.05, 3.63) is 95.6 Å². The van der Waals surface area contributed by atoms with Crippen LogP contribution in [0, 0.1) is 0 Å². The highest BCUT2D eigenvalue weighted by molar-refractivity contribution is 6.51. The Kier molecular flexibility index (Phi) is 5.34. The van der Waals surface area contributed by atoms with Crippen molar-refractivity contribution in [2.75, 3.05) is 22.9 Å². The molecule has 2 fully saturated rings. The van der Waals surface area contributed by atoms with Crippen LogP contribution in [-0.4, -0.2) is 35.0 Å². The van der Waals surface area contributed by atoms with E-state index < -0.39 is 17.7 Å². The SMILES string of the molecule is O=C1C(=O)N(c2ccc(N3CCCC3)cc2)C(c2cccc(O)c2)/C1=C(\O)c1ccccc1. The second kappa shape index (κ2) is 8.47. The lowest BCUT2D eigenvalue weighted by atomic mass is 9.95. The number of carbonyl (C=O) groups excluding carboxylic acids is 2. The topological polar surface area (TPSA) is 81.1 Å². The van der Waals surface area contributed by atoms with Crippen LogP contribution in [-0.2, 0) is 9.59 Å². The number of rotatable bonds is 4. The van der Waals surface area contributed by atoms with Gasteiger partial charge in [0.25, 0.3) is 11.7 Å². The molecule has 33 heavy (non-hydrogen) atoms. The molecule has 3 aromatic carbocycles. The van der Waals surface area contributed by atoms with Crippen LogP contribution in [0.3, 0.4) is 0 Å². The average molecular weight is 440 g/mol. The van der Waals surface area contributed by atoms with E-state index in [2.05, 4.69) is 4.90 Å². The minimum atomic E-state index is -0.866. The Morgan fingerprint density at radius 2 is 1.48 bits per heavy atom. The molecule has 0 radical (unpaired) electrons. The summed E-state index contributed by atoms with van der Waals surface area (Å²) in [5, 5.41) is 21.2. The van der Waals surface area contributed by atoms with Crippen LogP contribution in [0.4, 0.5) is 11.4 Å². The summed E-state index contributed by atoms with van der Waals surface area (Å²) in [5.41, 5.74) is 2.62. The van der Waals surface area contributed by atoms with Gasteiger partial charge in [-0.2, -0.15) is 0 Å². The third kappa shape index (κ3) is 3.74. The van der Waals surface area contributed by atoms with Crippen molar-refractivity contribution in [2.24, 2.45) is 0 Å². The van der Waals surface area contributed by atoms with E-state index in [1.54, 1.807) is 36.4 Å². The quantitative estimate of drug-likeness (QED) is 0.352. The first-order valence-electron chi connectivity index (χ1n) is 11.0. The standard InChI is InChI=1S/C27H24N2O4/c30-22-10-6-9-19(17-22)24-23(25(31)18-7-2-1-3-8-18)26(32)27(33)29(24)21-13-11-20(12-14-21)28-15-4-5-16-28/h1-3,6-14,17,24,30-31H,4-5,15-16H2/b25-23+. The van der Waals surface area contributed by atoms with Crippen molar-refractivity contribution in [2.45, 2.75) is 18.9 Å². The zero-order chi connectivity index (χ0) is 22.9. The summed E-state index contributed by atoms with van der Waals surface area (Å²) in [6, 6.07) is 21.8. The summed E-state index contributed by atoms with van der Waals surface area (Å²) in [6.45, 7) is 2.01. The molecule has 1 atom stereocenters. The number of hydrogen-bond acceptors (Lipinski definition) is 5. The normalized spacial score (nSPS) is 19.9. The largest absolute Gasteiger partial charge is 0.508 e. The fraction of sp³-hybridized carbons (Fsp3) is 0.185. The van der Waals surface area contributed by atoms with Crippen molar-refractivity contribution < 1.29 is 19.8 Å². The number of carbonyl (C=O) groups is 2. The molecular weight excluding hydrogens is 416 g/mol. The van der Waals surface area contributed by atoms with Gasteiger partial charge in [-0.3, -0.25) is 14.5 Å². The average Bonchev–Trinajstić information content (AvgIpc) is 3.47. The molecular formula is C27H24N2O4. The fourth-order valence-corrected chi connectivity index (χ4v) is 4.66. The molecule has 0 aliphatic carbocycles. The van der Waals surface area contributed by atoms with Crippen LogP contribution in [0.5, 0.6) is 5.75 Å². The minimum Gasteiger partial charge on any atom is -0.508 e. The Hall–Kier alpha value is -4.06. The van der Waals surface area contributed by atoms with Crippen molar-refractivity contribution >= 4 is 28.8 Å². The summed E-state index contributed by atoms with van der Waals surface area (Å²) < 4.78 is 0. The number of benzene rings is 3. The third-order valence-corrected chi connectivity index (χ3v) is 6.28. The molecule has 2 aliphatic heterocycles. The second-order valence-corrected chi connectivity index (χ2v) is 8.34. The Labute approximate surface area is 192 Å². The first-order chi connectivity index (χ1) is 16.0. The van der Waals surface area contributed by atoms with Gasteiger partial charge in [-0.05, 0) is 54.8 Å². The smallest absolute Gasteiger partial charge is 0.300 e. The molecule has 2 saturated heterocycles. The zero-order valence-corrected chi connectivity index (χ0v) is 18.0. The highest BCUT2D eigenvalue weighted by Gasteiger charge is 2.47. The predicted molar refractivity (Wildman–Crippen MR) is 127 cm³/mol. The third-order valence-electron chi connectivity index (χ3n) is 6.28. The molecule has 1 unspecified atom stereocenters. The number of phenols is 1. The number of aliphatic hydroxyl groups excluding tert-OH is 1.